The van der Waals surface area contributed by atoms with Crippen LogP contribution in [-0.2, 0) is 11.3 Å². The van der Waals surface area contributed by atoms with Crippen molar-refractivity contribution in [2.75, 3.05) is 38.6 Å². The molecular weight excluding hydrogens is 310 g/mol. The number of amides is 1. The molecule has 0 saturated carbocycles. The van der Waals surface area contributed by atoms with E-state index in [1.165, 1.54) is 30.5 Å². The van der Waals surface area contributed by atoms with Gasteiger partial charge in [0, 0.05) is 50.9 Å². The summed E-state index contributed by atoms with van der Waals surface area (Å²) in [6, 6.07) is 8.91. The lowest BCUT2D eigenvalue weighted by Crippen LogP contribution is -2.57. The third-order valence-corrected chi connectivity index (χ3v) is 5.93. The fourth-order valence-corrected chi connectivity index (χ4v) is 4.49. The van der Waals surface area contributed by atoms with E-state index in [2.05, 4.69) is 53.1 Å². The number of rotatable bonds is 4. The summed E-state index contributed by atoms with van der Waals surface area (Å²) in [5.74, 6) is 0.421. The summed E-state index contributed by atoms with van der Waals surface area (Å²) in [4.78, 5) is 19.4. The van der Waals surface area contributed by atoms with Gasteiger partial charge in [0.2, 0.25) is 5.91 Å². The lowest BCUT2D eigenvalue weighted by molar-refractivity contribution is -0.138. The minimum atomic E-state index is 0.101. The van der Waals surface area contributed by atoms with Crippen LogP contribution in [0.25, 0.3) is 0 Å². The van der Waals surface area contributed by atoms with E-state index >= 15 is 0 Å². The van der Waals surface area contributed by atoms with Crippen molar-refractivity contribution in [3.8, 4) is 0 Å². The zero-order valence-electron chi connectivity index (χ0n) is 16.3. The van der Waals surface area contributed by atoms with E-state index in [1.54, 1.807) is 0 Å². The molecule has 2 aliphatic rings. The number of piperidine rings is 1. The van der Waals surface area contributed by atoms with Gasteiger partial charge in [0.05, 0.1) is 0 Å². The van der Waals surface area contributed by atoms with E-state index < -0.39 is 0 Å². The van der Waals surface area contributed by atoms with Crippen LogP contribution in [0.4, 0.5) is 5.69 Å². The van der Waals surface area contributed by atoms with Gasteiger partial charge in [0.25, 0.3) is 0 Å². The van der Waals surface area contributed by atoms with E-state index in [1.807, 2.05) is 13.8 Å². The predicted octanol–water partition coefficient (Wildman–Crippen LogP) is 3.37. The molecule has 1 atom stereocenters. The first-order valence-corrected chi connectivity index (χ1v) is 9.71. The molecule has 2 saturated heterocycles. The van der Waals surface area contributed by atoms with Gasteiger partial charge in [-0.3, -0.25) is 9.69 Å². The van der Waals surface area contributed by atoms with Crippen LogP contribution in [0.5, 0.6) is 0 Å². The molecule has 2 fully saturated rings. The number of likely N-dealkylation sites (tertiary alicyclic amines) is 2. The Kier molecular flexibility index (Phi) is 5.38. The molecule has 0 radical (unpaired) electrons. The average molecular weight is 344 g/mol. The number of benzene rings is 1. The molecular formula is C21H33N3O. The normalized spacial score (nSPS) is 24.3. The fourth-order valence-electron chi connectivity index (χ4n) is 4.49. The summed E-state index contributed by atoms with van der Waals surface area (Å²) >= 11 is 0. The van der Waals surface area contributed by atoms with Crippen molar-refractivity contribution in [2.45, 2.75) is 51.6 Å². The third kappa shape index (κ3) is 3.84. The summed E-state index contributed by atoms with van der Waals surface area (Å²) in [6.45, 7) is 8.03. The smallest absolute Gasteiger partial charge is 0.225 e. The van der Waals surface area contributed by atoms with Crippen molar-refractivity contribution in [3.63, 3.8) is 0 Å². The standard InChI is InChI=1S/C21H33N3O/c1-17(2)20(25)23-13-5-11-21(16-23)12-6-14-24(21)15-18-7-9-19(10-8-18)22(3)4/h7-10,17H,5-6,11-16H2,1-4H3. The second kappa shape index (κ2) is 7.36. The van der Waals surface area contributed by atoms with Gasteiger partial charge in [-0.1, -0.05) is 26.0 Å². The Morgan fingerprint density at radius 3 is 2.36 bits per heavy atom. The Morgan fingerprint density at radius 1 is 1.12 bits per heavy atom. The minimum Gasteiger partial charge on any atom is -0.378 e. The zero-order chi connectivity index (χ0) is 18.0. The Hall–Kier alpha value is -1.55. The van der Waals surface area contributed by atoms with Gasteiger partial charge in [-0.05, 0) is 49.9 Å². The monoisotopic (exact) mass is 343 g/mol. The number of hydrogen-bond donors (Lipinski definition) is 0. The topological polar surface area (TPSA) is 26.8 Å². The average Bonchev–Trinajstić information content (AvgIpc) is 2.96. The lowest BCUT2D eigenvalue weighted by atomic mass is 9.85. The first-order valence-electron chi connectivity index (χ1n) is 9.71. The van der Waals surface area contributed by atoms with Gasteiger partial charge >= 0.3 is 0 Å². The minimum absolute atomic E-state index is 0.101. The van der Waals surface area contributed by atoms with Gasteiger partial charge in [-0.25, -0.2) is 0 Å². The first kappa shape index (κ1) is 18.2. The molecule has 0 aromatic heterocycles. The van der Waals surface area contributed by atoms with E-state index in [-0.39, 0.29) is 11.5 Å². The summed E-state index contributed by atoms with van der Waals surface area (Å²) in [7, 11) is 4.15. The Labute approximate surface area is 152 Å². The van der Waals surface area contributed by atoms with E-state index in [4.69, 9.17) is 0 Å². The van der Waals surface area contributed by atoms with Gasteiger partial charge in [-0.2, -0.15) is 0 Å². The second-order valence-electron chi connectivity index (χ2n) is 8.33. The number of carbonyl (C=O) groups is 1. The van der Waals surface area contributed by atoms with Crippen LogP contribution in [-0.4, -0.2) is 55.0 Å². The summed E-state index contributed by atoms with van der Waals surface area (Å²) in [5.41, 5.74) is 2.81. The fraction of sp³-hybridized carbons (Fsp3) is 0.667. The highest BCUT2D eigenvalue weighted by atomic mass is 16.2. The summed E-state index contributed by atoms with van der Waals surface area (Å²) in [6.07, 6.45) is 4.84. The van der Waals surface area contributed by atoms with Crippen LogP contribution in [0.3, 0.4) is 0 Å². The highest BCUT2D eigenvalue weighted by Gasteiger charge is 2.44. The van der Waals surface area contributed by atoms with Crippen molar-refractivity contribution in [1.82, 2.24) is 9.80 Å². The quantitative estimate of drug-likeness (QED) is 0.839. The largest absolute Gasteiger partial charge is 0.378 e. The number of hydrogen-bond acceptors (Lipinski definition) is 3. The zero-order valence-corrected chi connectivity index (χ0v) is 16.3. The molecule has 25 heavy (non-hydrogen) atoms. The molecule has 4 nitrogen and oxygen atoms in total. The molecule has 0 bridgehead atoms. The third-order valence-electron chi connectivity index (χ3n) is 5.93. The first-order chi connectivity index (χ1) is 11.9. The van der Waals surface area contributed by atoms with E-state index in [0.29, 0.717) is 5.91 Å². The maximum Gasteiger partial charge on any atom is 0.225 e. The molecule has 4 heteroatoms. The van der Waals surface area contributed by atoms with Gasteiger partial charge in [0.15, 0.2) is 0 Å². The summed E-state index contributed by atoms with van der Waals surface area (Å²) < 4.78 is 0. The van der Waals surface area contributed by atoms with Crippen molar-refractivity contribution < 1.29 is 4.79 Å². The molecule has 0 aliphatic carbocycles. The molecule has 138 valence electrons. The Bertz CT molecular complexity index is 596. The number of carbonyl (C=O) groups excluding carboxylic acids is 1. The van der Waals surface area contributed by atoms with Gasteiger partial charge in [-0.15, -0.1) is 0 Å². The molecule has 1 spiro atoms. The number of nitrogens with zero attached hydrogens (tertiary/aromatic N) is 3. The molecule has 2 heterocycles. The highest BCUT2D eigenvalue weighted by molar-refractivity contribution is 5.78. The number of anilines is 1. The van der Waals surface area contributed by atoms with Gasteiger partial charge < -0.3 is 9.80 Å². The molecule has 1 aromatic rings. The van der Waals surface area contributed by atoms with Crippen LogP contribution < -0.4 is 4.90 Å². The van der Waals surface area contributed by atoms with Crippen LogP contribution in [0.15, 0.2) is 24.3 Å². The second-order valence-corrected chi connectivity index (χ2v) is 8.33. The molecule has 1 amide bonds. The highest BCUT2D eigenvalue weighted by Crippen LogP contribution is 2.38. The van der Waals surface area contributed by atoms with E-state index in [0.717, 1.165) is 32.6 Å². The van der Waals surface area contributed by atoms with E-state index in [9.17, 15) is 4.79 Å². The van der Waals surface area contributed by atoms with Crippen molar-refractivity contribution in [1.29, 1.82) is 0 Å². The van der Waals surface area contributed by atoms with Crippen molar-refractivity contribution in [3.05, 3.63) is 29.8 Å². The summed E-state index contributed by atoms with van der Waals surface area (Å²) in [5, 5.41) is 0. The maximum atomic E-state index is 12.5. The van der Waals surface area contributed by atoms with Crippen molar-refractivity contribution >= 4 is 11.6 Å². The van der Waals surface area contributed by atoms with Crippen molar-refractivity contribution in [2.24, 2.45) is 5.92 Å². The predicted molar refractivity (Wildman–Crippen MR) is 104 cm³/mol. The molecule has 3 rings (SSSR count). The molecule has 1 aromatic carbocycles. The van der Waals surface area contributed by atoms with Crippen LogP contribution in [0.1, 0.15) is 45.1 Å². The van der Waals surface area contributed by atoms with Crippen LogP contribution in [0, 0.1) is 5.92 Å². The maximum absolute atomic E-state index is 12.5. The van der Waals surface area contributed by atoms with Gasteiger partial charge in [0.1, 0.15) is 0 Å². The Morgan fingerprint density at radius 2 is 1.76 bits per heavy atom. The van der Waals surface area contributed by atoms with Crippen LogP contribution in [0.2, 0.25) is 0 Å². The SMILES string of the molecule is CC(C)C(=O)N1CCCC2(CCCN2Cc2ccc(N(C)C)cc2)C1. The van der Waals surface area contributed by atoms with Crippen LogP contribution >= 0.6 is 0 Å². The molecule has 2 aliphatic heterocycles. The lowest BCUT2D eigenvalue weighted by Gasteiger charge is -2.46. The molecule has 1 unspecified atom stereocenters. The molecule has 0 N–H and O–H groups in total. The Balaban J connectivity index is 1.72.